The van der Waals surface area contributed by atoms with E-state index in [9.17, 15) is 0 Å². The molecule has 0 fully saturated rings. The molecule has 1 unspecified atom stereocenters. The normalized spacial score (nSPS) is 16.4. The monoisotopic (exact) mass is 458 g/mol. The molecule has 2 aromatic rings. The first-order valence-electron chi connectivity index (χ1n) is 6.43. The minimum atomic E-state index is 0.515. The minimum Gasteiger partial charge on any atom is -0.491 e. The molecule has 0 aromatic heterocycles. The Balaban J connectivity index is 1.71. The second-order valence-electron chi connectivity index (χ2n) is 4.93. The number of benzene rings is 2. The Morgan fingerprint density at radius 2 is 1.80 bits per heavy atom. The van der Waals surface area contributed by atoms with Crippen LogP contribution in [0.25, 0.3) is 0 Å². The van der Waals surface area contributed by atoms with Gasteiger partial charge in [0, 0.05) is 11.2 Å². The van der Waals surface area contributed by atoms with E-state index in [1.165, 1.54) is 16.7 Å². The van der Waals surface area contributed by atoms with Gasteiger partial charge >= 0.3 is 0 Å². The molecule has 20 heavy (non-hydrogen) atoms. The van der Waals surface area contributed by atoms with Gasteiger partial charge in [-0.05, 0) is 67.1 Å². The third-order valence-electron chi connectivity index (χ3n) is 3.60. The van der Waals surface area contributed by atoms with Crippen LogP contribution in [0.3, 0.4) is 0 Å². The summed E-state index contributed by atoms with van der Waals surface area (Å²) in [5.74, 6) is 1.40. The Labute approximate surface area is 144 Å². The quantitative estimate of drug-likeness (QED) is 0.522. The Morgan fingerprint density at radius 1 is 1.10 bits per heavy atom. The number of rotatable bonds is 4. The molecular weight excluding hydrogens is 448 g/mol. The molecule has 0 saturated heterocycles. The van der Waals surface area contributed by atoms with Crippen molar-refractivity contribution in [2.24, 2.45) is 0 Å². The lowest BCUT2D eigenvalue weighted by atomic mass is 9.78. The van der Waals surface area contributed by atoms with Crippen molar-refractivity contribution in [1.82, 2.24) is 0 Å². The largest absolute Gasteiger partial charge is 0.491 e. The molecule has 104 valence electrons. The van der Waals surface area contributed by atoms with E-state index in [4.69, 9.17) is 4.74 Å². The average molecular weight is 461 g/mol. The number of halogens is 3. The van der Waals surface area contributed by atoms with Crippen molar-refractivity contribution in [1.29, 1.82) is 0 Å². The van der Waals surface area contributed by atoms with E-state index in [1.807, 2.05) is 0 Å². The molecule has 1 atom stereocenters. The molecular formula is C16H13Br3O. The van der Waals surface area contributed by atoms with Gasteiger partial charge in [0.15, 0.2) is 0 Å². The molecule has 1 nitrogen and oxygen atoms in total. The number of fused-ring (bicyclic) bond motifs is 1. The number of hydrogen-bond acceptors (Lipinski definition) is 1. The van der Waals surface area contributed by atoms with Crippen molar-refractivity contribution >= 4 is 47.8 Å². The molecule has 1 aliphatic rings. The van der Waals surface area contributed by atoms with E-state index in [2.05, 4.69) is 84.2 Å². The first-order valence-corrected chi connectivity index (χ1v) is 9.14. The van der Waals surface area contributed by atoms with Gasteiger partial charge in [-0.3, -0.25) is 0 Å². The van der Waals surface area contributed by atoms with Crippen LogP contribution >= 0.6 is 47.8 Å². The van der Waals surface area contributed by atoms with Crippen LogP contribution in [0.4, 0.5) is 0 Å². The van der Waals surface area contributed by atoms with Crippen molar-refractivity contribution in [3.63, 3.8) is 0 Å². The summed E-state index contributed by atoms with van der Waals surface area (Å²) in [6.45, 7) is 0.724. The zero-order valence-electron chi connectivity index (χ0n) is 10.7. The highest BCUT2D eigenvalue weighted by Gasteiger charge is 2.26. The smallest absolute Gasteiger partial charge is 0.147 e. The van der Waals surface area contributed by atoms with Crippen LogP contribution in [0.1, 0.15) is 22.6 Å². The van der Waals surface area contributed by atoms with E-state index in [0.29, 0.717) is 5.92 Å². The van der Waals surface area contributed by atoms with Crippen LogP contribution in [0.2, 0.25) is 0 Å². The van der Waals surface area contributed by atoms with Crippen molar-refractivity contribution in [2.45, 2.75) is 17.7 Å². The van der Waals surface area contributed by atoms with Gasteiger partial charge in [0.2, 0.25) is 0 Å². The molecule has 0 aliphatic heterocycles. The lowest BCUT2D eigenvalue weighted by molar-refractivity contribution is 0.272. The SMILES string of the molecule is BrCc1cc(Br)c(OCC2Cc3ccccc32)c(Br)c1. The molecule has 0 amide bonds. The first-order chi connectivity index (χ1) is 9.69. The van der Waals surface area contributed by atoms with E-state index in [1.54, 1.807) is 0 Å². The Kier molecular flexibility index (Phi) is 4.53. The van der Waals surface area contributed by atoms with E-state index >= 15 is 0 Å². The van der Waals surface area contributed by atoms with Crippen molar-refractivity contribution in [2.75, 3.05) is 6.61 Å². The fourth-order valence-electron chi connectivity index (χ4n) is 2.52. The second-order valence-corrected chi connectivity index (χ2v) is 7.20. The maximum Gasteiger partial charge on any atom is 0.147 e. The molecule has 0 N–H and O–H groups in total. The number of ether oxygens (including phenoxy) is 1. The molecule has 0 radical (unpaired) electrons. The molecule has 2 aromatic carbocycles. The van der Waals surface area contributed by atoms with Crippen LogP contribution in [-0.4, -0.2) is 6.61 Å². The predicted molar refractivity (Wildman–Crippen MR) is 92.9 cm³/mol. The van der Waals surface area contributed by atoms with Gasteiger partial charge in [-0.1, -0.05) is 40.2 Å². The van der Waals surface area contributed by atoms with E-state index < -0.39 is 0 Å². The summed E-state index contributed by atoms with van der Waals surface area (Å²) in [6.07, 6.45) is 1.12. The second kappa shape index (κ2) is 6.20. The zero-order valence-corrected chi connectivity index (χ0v) is 15.5. The summed E-state index contributed by atoms with van der Waals surface area (Å²) >= 11 is 10.6. The summed E-state index contributed by atoms with van der Waals surface area (Å²) in [6, 6.07) is 12.8. The van der Waals surface area contributed by atoms with Gasteiger partial charge in [0.05, 0.1) is 15.6 Å². The highest BCUT2D eigenvalue weighted by molar-refractivity contribution is 9.11. The van der Waals surface area contributed by atoms with Gasteiger partial charge in [0.1, 0.15) is 5.75 Å². The fraction of sp³-hybridized carbons (Fsp3) is 0.250. The standard InChI is InChI=1S/C16H13Br3O/c17-8-10-5-14(18)16(15(19)6-10)20-9-12-7-11-3-1-2-4-13(11)12/h1-6,12H,7-9H2. The summed E-state index contributed by atoms with van der Waals surface area (Å²) in [5.41, 5.74) is 4.09. The lowest BCUT2D eigenvalue weighted by Crippen LogP contribution is -2.23. The summed E-state index contributed by atoms with van der Waals surface area (Å²) < 4.78 is 8.01. The summed E-state index contributed by atoms with van der Waals surface area (Å²) in [7, 11) is 0. The molecule has 1 aliphatic carbocycles. The Morgan fingerprint density at radius 3 is 2.45 bits per heavy atom. The molecule has 0 saturated carbocycles. The third-order valence-corrected chi connectivity index (χ3v) is 5.43. The molecule has 0 spiro atoms. The van der Waals surface area contributed by atoms with E-state index in [0.717, 1.165) is 33.1 Å². The highest BCUT2D eigenvalue weighted by atomic mass is 79.9. The van der Waals surface area contributed by atoms with Gasteiger partial charge in [0.25, 0.3) is 0 Å². The minimum absolute atomic E-state index is 0.515. The first kappa shape index (κ1) is 14.6. The Bertz CT molecular complexity index is 616. The highest BCUT2D eigenvalue weighted by Crippen LogP contribution is 2.39. The van der Waals surface area contributed by atoms with Gasteiger partial charge in [-0.15, -0.1) is 0 Å². The van der Waals surface area contributed by atoms with Crippen LogP contribution in [0.15, 0.2) is 45.3 Å². The van der Waals surface area contributed by atoms with Gasteiger partial charge in [-0.25, -0.2) is 0 Å². The lowest BCUT2D eigenvalue weighted by Gasteiger charge is -2.30. The van der Waals surface area contributed by atoms with E-state index in [-0.39, 0.29) is 0 Å². The Hall–Kier alpha value is -0.320. The van der Waals surface area contributed by atoms with Crippen LogP contribution in [-0.2, 0) is 11.8 Å². The molecule has 0 bridgehead atoms. The molecule has 0 heterocycles. The predicted octanol–water partition coefficient (Wildman–Crippen LogP) is 5.83. The topological polar surface area (TPSA) is 9.23 Å². The summed E-state index contributed by atoms with van der Waals surface area (Å²) in [5, 5.41) is 0.834. The molecule has 4 heteroatoms. The maximum atomic E-state index is 6.02. The third kappa shape index (κ3) is 2.83. The average Bonchev–Trinajstić information content (AvgIpc) is 2.42. The van der Waals surface area contributed by atoms with Crippen molar-refractivity contribution in [3.05, 3.63) is 62.0 Å². The summed E-state index contributed by atoms with van der Waals surface area (Å²) in [4.78, 5) is 0. The van der Waals surface area contributed by atoms with Gasteiger partial charge in [-0.2, -0.15) is 0 Å². The van der Waals surface area contributed by atoms with Crippen LogP contribution < -0.4 is 4.74 Å². The molecule has 3 rings (SSSR count). The maximum absolute atomic E-state index is 6.02. The van der Waals surface area contributed by atoms with Crippen molar-refractivity contribution in [3.8, 4) is 5.75 Å². The number of alkyl halides is 1. The number of hydrogen-bond donors (Lipinski definition) is 0. The van der Waals surface area contributed by atoms with Crippen LogP contribution in [0, 0.1) is 0 Å². The van der Waals surface area contributed by atoms with Crippen molar-refractivity contribution < 1.29 is 4.74 Å². The fourth-order valence-corrected chi connectivity index (χ4v) is 4.36. The van der Waals surface area contributed by atoms with Gasteiger partial charge < -0.3 is 4.74 Å². The zero-order chi connectivity index (χ0) is 14.1. The van der Waals surface area contributed by atoms with Crippen LogP contribution in [0.5, 0.6) is 5.75 Å².